The monoisotopic (exact) mass is 124 g/mol. The van der Waals surface area contributed by atoms with Gasteiger partial charge in [-0.2, -0.15) is 0 Å². The molecule has 9 heavy (non-hydrogen) atoms. The van der Waals surface area contributed by atoms with Crippen LogP contribution in [0.3, 0.4) is 0 Å². The Labute approximate surface area is 54.3 Å². The molecule has 0 radical (unpaired) electrons. The average Bonchev–Trinajstić information content (AvgIpc) is 1.89. The molecule has 1 heterocycles. The van der Waals surface area contributed by atoms with Gasteiger partial charge in [-0.15, -0.1) is 0 Å². The van der Waals surface area contributed by atoms with E-state index < -0.39 is 0 Å². The number of pyridine rings is 1. The van der Waals surface area contributed by atoms with Gasteiger partial charge in [0.1, 0.15) is 0 Å². The van der Waals surface area contributed by atoms with Gasteiger partial charge < -0.3 is 0 Å². The first-order valence-electron chi connectivity index (χ1n) is 3.03. The summed E-state index contributed by atoms with van der Waals surface area (Å²) in [6, 6.07) is 5.59. The average molecular weight is 124 g/mol. The summed E-state index contributed by atoms with van der Waals surface area (Å²) in [5.41, 5.74) is 0.928. The van der Waals surface area contributed by atoms with Gasteiger partial charge in [-0.25, -0.2) is 0 Å². The fraction of sp³-hybridized carbons (Fsp3) is 0.286. The van der Waals surface area contributed by atoms with Crippen molar-refractivity contribution in [2.24, 2.45) is 0 Å². The SMILES string of the molecule is CCc1cccc[n+]1O. The highest BCUT2D eigenvalue weighted by Gasteiger charge is 2.01. The van der Waals surface area contributed by atoms with Crippen LogP contribution in [0.4, 0.5) is 0 Å². The van der Waals surface area contributed by atoms with Crippen LogP contribution < -0.4 is 4.73 Å². The topological polar surface area (TPSA) is 24.1 Å². The maximum absolute atomic E-state index is 9.03. The summed E-state index contributed by atoms with van der Waals surface area (Å²) in [5, 5.41) is 9.03. The van der Waals surface area contributed by atoms with Crippen LogP contribution in [0.5, 0.6) is 0 Å². The molecule has 0 aromatic carbocycles. The summed E-state index contributed by atoms with van der Waals surface area (Å²) in [6.45, 7) is 2.00. The number of aromatic nitrogens is 1. The zero-order valence-corrected chi connectivity index (χ0v) is 5.41. The number of hydrogen-bond donors (Lipinski definition) is 1. The molecular formula is C7H10NO+. The summed E-state index contributed by atoms with van der Waals surface area (Å²) >= 11 is 0. The second-order valence-electron chi connectivity index (χ2n) is 1.89. The molecule has 0 atom stereocenters. The van der Waals surface area contributed by atoms with Crippen molar-refractivity contribution in [3.63, 3.8) is 0 Å². The van der Waals surface area contributed by atoms with Crippen molar-refractivity contribution in [2.75, 3.05) is 0 Å². The van der Waals surface area contributed by atoms with Crippen LogP contribution in [0.2, 0.25) is 0 Å². The van der Waals surface area contributed by atoms with E-state index in [1.807, 2.05) is 19.1 Å². The highest BCUT2D eigenvalue weighted by Crippen LogP contribution is 1.88. The molecule has 48 valence electrons. The Morgan fingerprint density at radius 2 is 2.33 bits per heavy atom. The van der Waals surface area contributed by atoms with Crippen molar-refractivity contribution < 1.29 is 9.94 Å². The largest absolute Gasteiger partial charge is 0.285 e. The standard InChI is InChI=1S/C7H10NO/c1-2-7-5-3-4-6-8(7)9/h3-6,9H,2H2,1H3/q+1. The first kappa shape index (κ1) is 6.08. The van der Waals surface area contributed by atoms with E-state index in [1.165, 1.54) is 0 Å². The zero-order valence-electron chi connectivity index (χ0n) is 5.41. The van der Waals surface area contributed by atoms with Gasteiger partial charge in [-0.3, -0.25) is 5.21 Å². The van der Waals surface area contributed by atoms with Crippen molar-refractivity contribution in [3.8, 4) is 0 Å². The third-order valence-corrected chi connectivity index (χ3v) is 1.28. The lowest BCUT2D eigenvalue weighted by Gasteiger charge is -1.87. The highest BCUT2D eigenvalue weighted by molar-refractivity contribution is 4.95. The minimum absolute atomic E-state index is 0.858. The van der Waals surface area contributed by atoms with Gasteiger partial charge in [0.25, 0.3) is 0 Å². The van der Waals surface area contributed by atoms with Gasteiger partial charge in [0.05, 0.1) is 0 Å². The molecule has 0 saturated heterocycles. The molecule has 0 amide bonds. The van der Waals surface area contributed by atoms with Crippen LogP contribution in [-0.4, -0.2) is 5.21 Å². The van der Waals surface area contributed by atoms with Crippen LogP contribution in [0.15, 0.2) is 24.4 Å². The molecule has 0 aliphatic carbocycles. The fourth-order valence-corrected chi connectivity index (χ4v) is 0.750. The number of rotatable bonds is 1. The molecule has 2 heteroatoms. The lowest BCUT2D eigenvalue weighted by atomic mass is 10.3. The van der Waals surface area contributed by atoms with Gasteiger partial charge in [0.15, 0.2) is 0 Å². The maximum atomic E-state index is 9.03. The van der Waals surface area contributed by atoms with Crippen LogP contribution in [-0.2, 0) is 6.42 Å². The Hall–Kier alpha value is -1.05. The summed E-state index contributed by atoms with van der Waals surface area (Å²) in [4.78, 5) is 0. The lowest BCUT2D eigenvalue weighted by molar-refractivity contribution is -0.909. The molecule has 1 N–H and O–H groups in total. The first-order chi connectivity index (χ1) is 4.34. The van der Waals surface area contributed by atoms with E-state index in [4.69, 9.17) is 5.21 Å². The Balaban J connectivity index is 3.01. The third-order valence-electron chi connectivity index (χ3n) is 1.28. The second-order valence-corrected chi connectivity index (χ2v) is 1.89. The van der Waals surface area contributed by atoms with Crippen LogP contribution in [0, 0.1) is 0 Å². The Morgan fingerprint density at radius 1 is 1.56 bits per heavy atom. The van der Waals surface area contributed by atoms with Crippen LogP contribution in [0.1, 0.15) is 12.6 Å². The number of hydrogen-bond acceptors (Lipinski definition) is 1. The van der Waals surface area contributed by atoms with E-state index in [0.717, 1.165) is 16.8 Å². The molecule has 0 saturated carbocycles. The minimum atomic E-state index is 0.858. The molecule has 0 aliphatic heterocycles. The van der Waals surface area contributed by atoms with Gasteiger partial charge >= 0.3 is 0 Å². The van der Waals surface area contributed by atoms with E-state index in [1.54, 1.807) is 12.3 Å². The third kappa shape index (κ3) is 1.19. The number of aryl methyl sites for hydroxylation is 1. The summed E-state index contributed by atoms with van der Waals surface area (Å²) in [5.74, 6) is 0. The Morgan fingerprint density at radius 3 is 2.78 bits per heavy atom. The van der Waals surface area contributed by atoms with Crippen molar-refractivity contribution >= 4 is 0 Å². The first-order valence-corrected chi connectivity index (χ1v) is 3.03. The van der Waals surface area contributed by atoms with E-state index in [2.05, 4.69) is 0 Å². The maximum Gasteiger partial charge on any atom is 0.233 e. The molecule has 0 unspecified atom stereocenters. The molecule has 1 aromatic rings. The summed E-state index contributed by atoms with van der Waals surface area (Å²) in [7, 11) is 0. The van der Waals surface area contributed by atoms with E-state index in [9.17, 15) is 0 Å². The molecule has 1 rings (SSSR count). The molecular weight excluding hydrogens is 114 g/mol. The van der Waals surface area contributed by atoms with E-state index in [-0.39, 0.29) is 0 Å². The van der Waals surface area contributed by atoms with Crippen LogP contribution in [0.25, 0.3) is 0 Å². The van der Waals surface area contributed by atoms with Crippen molar-refractivity contribution in [1.82, 2.24) is 0 Å². The van der Waals surface area contributed by atoms with E-state index >= 15 is 0 Å². The summed E-state index contributed by atoms with van der Waals surface area (Å²) < 4.78 is 1.14. The fourth-order valence-electron chi connectivity index (χ4n) is 0.750. The normalized spacial score (nSPS) is 9.44. The predicted octanol–water partition coefficient (Wildman–Crippen LogP) is 0.774. The summed E-state index contributed by atoms with van der Waals surface area (Å²) in [6.07, 6.45) is 2.48. The van der Waals surface area contributed by atoms with Gasteiger partial charge in [0, 0.05) is 23.3 Å². The molecule has 0 aliphatic rings. The van der Waals surface area contributed by atoms with Gasteiger partial charge in [0.2, 0.25) is 11.9 Å². The van der Waals surface area contributed by atoms with Crippen molar-refractivity contribution in [1.29, 1.82) is 0 Å². The van der Waals surface area contributed by atoms with Crippen molar-refractivity contribution in [3.05, 3.63) is 30.1 Å². The second kappa shape index (κ2) is 2.49. The predicted molar refractivity (Wildman–Crippen MR) is 33.2 cm³/mol. The Bertz CT molecular complexity index is 198. The van der Waals surface area contributed by atoms with Gasteiger partial charge in [-0.1, -0.05) is 6.92 Å². The zero-order chi connectivity index (χ0) is 6.69. The highest BCUT2D eigenvalue weighted by atomic mass is 16.5. The smallest absolute Gasteiger partial charge is 0.233 e. The molecule has 0 spiro atoms. The number of nitrogens with zero attached hydrogens (tertiary/aromatic N) is 1. The van der Waals surface area contributed by atoms with Crippen molar-refractivity contribution in [2.45, 2.75) is 13.3 Å². The molecule has 0 bridgehead atoms. The van der Waals surface area contributed by atoms with Crippen LogP contribution >= 0.6 is 0 Å². The quantitative estimate of drug-likeness (QED) is 0.434. The lowest BCUT2D eigenvalue weighted by Crippen LogP contribution is -2.33. The van der Waals surface area contributed by atoms with E-state index in [0.29, 0.717) is 0 Å². The van der Waals surface area contributed by atoms with Gasteiger partial charge in [-0.05, 0) is 6.07 Å². The molecule has 1 aromatic heterocycles. The molecule has 2 nitrogen and oxygen atoms in total. The Kier molecular flexibility index (Phi) is 1.68. The molecule has 0 fully saturated rings. The minimum Gasteiger partial charge on any atom is -0.285 e.